The van der Waals surface area contributed by atoms with E-state index in [9.17, 15) is 4.79 Å². The second-order valence-electron chi connectivity index (χ2n) is 7.88. The summed E-state index contributed by atoms with van der Waals surface area (Å²) in [5.41, 5.74) is 6.09. The standard InChI is InChI=1S/C26H19N3OS/c1-17-11-13-19(14-12-17)23-16-31-25-28-26(20-9-5-6-10-21(20)27-24(26)30)15-22(29(23)25)18-7-3-2-4-8-18/h2-16H,1H3,(H,27,30). The third kappa shape index (κ3) is 2.70. The highest BCUT2D eigenvalue weighted by molar-refractivity contribution is 8.16. The highest BCUT2D eigenvalue weighted by Gasteiger charge is 2.50. The van der Waals surface area contributed by atoms with Gasteiger partial charge in [-0.25, -0.2) is 4.99 Å². The first-order valence-corrected chi connectivity index (χ1v) is 11.1. The predicted molar refractivity (Wildman–Crippen MR) is 127 cm³/mol. The molecular formula is C26H19N3OS. The van der Waals surface area contributed by atoms with Crippen molar-refractivity contribution in [3.8, 4) is 0 Å². The number of thioether (sulfide) groups is 1. The lowest BCUT2D eigenvalue weighted by atomic mass is 9.88. The summed E-state index contributed by atoms with van der Waals surface area (Å²) < 4.78 is 0. The molecule has 1 N–H and O–H groups in total. The zero-order valence-electron chi connectivity index (χ0n) is 16.9. The molecule has 0 aliphatic carbocycles. The molecular weight excluding hydrogens is 402 g/mol. The zero-order valence-corrected chi connectivity index (χ0v) is 17.7. The molecule has 4 nitrogen and oxygen atoms in total. The van der Waals surface area contributed by atoms with Crippen molar-refractivity contribution in [1.29, 1.82) is 0 Å². The Balaban J connectivity index is 1.56. The molecule has 3 aromatic rings. The Morgan fingerprint density at radius 3 is 2.39 bits per heavy atom. The molecule has 0 saturated carbocycles. The topological polar surface area (TPSA) is 44.7 Å². The predicted octanol–water partition coefficient (Wildman–Crippen LogP) is 5.60. The zero-order chi connectivity index (χ0) is 21.0. The molecule has 6 rings (SSSR count). The lowest BCUT2D eigenvalue weighted by molar-refractivity contribution is -0.119. The first-order valence-electron chi connectivity index (χ1n) is 10.2. The Labute approximate surface area is 185 Å². The van der Waals surface area contributed by atoms with E-state index >= 15 is 0 Å². The maximum absolute atomic E-state index is 13.3. The number of nitrogens with zero attached hydrogens (tertiary/aromatic N) is 2. The summed E-state index contributed by atoms with van der Waals surface area (Å²) in [6.45, 7) is 2.09. The molecule has 1 unspecified atom stereocenters. The summed E-state index contributed by atoms with van der Waals surface area (Å²) in [5, 5.41) is 5.96. The van der Waals surface area contributed by atoms with Gasteiger partial charge in [0.2, 0.25) is 0 Å². The van der Waals surface area contributed by atoms with Crippen LogP contribution in [-0.4, -0.2) is 16.0 Å². The van der Waals surface area contributed by atoms with Crippen LogP contribution >= 0.6 is 11.8 Å². The van der Waals surface area contributed by atoms with E-state index in [1.54, 1.807) is 11.8 Å². The minimum Gasteiger partial charge on any atom is -0.323 e. The molecule has 3 heterocycles. The number of carbonyl (C=O) groups is 1. The molecule has 0 saturated heterocycles. The molecule has 3 aliphatic rings. The monoisotopic (exact) mass is 421 g/mol. The van der Waals surface area contributed by atoms with Crippen LogP contribution in [0.25, 0.3) is 11.4 Å². The second kappa shape index (κ2) is 6.72. The van der Waals surface area contributed by atoms with Crippen LogP contribution < -0.4 is 5.32 Å². The van der Waals surface area contributed by atoms with E-state index in [1.165, 1.54) is 5.56 Å². The number of benzene rings is 3. The van der Waals surface area contributed by atoms with Crippen LogP contribution in [0.5, 0.6) is 0 Å². The molecule has 0 fully saturated rings. The molecule has 0 aromatic heterocycles. The Hall–Kier alpha value is -3.57. The second-order valence-corrected chi connectivity index (χ2v) is 8.72. The third-order valence-electron chi connectivity index (χ3n) is 5.92. The first kappa shape index (κ1) is 18.2. The van der Waals surface area contributed by atoms with Crippen LogP contribution in [0.1, 0.15) is 22.3 Å². The molecule has 0 bridgehead atoms. The minimum absolute atomic E-state index is 0.112. The van der Waals surface area contributed by atoms with Gasteiger partial charge in [-0.2, -0.15) is 0 Å². The summed E-state index contributed by atoms with van der Waals surface area (Å²) in [4.78, 5) is 20.5. The SMILES string of the molecule is Cc1ccc(C2=CSC3=NC4(C=C(c5ccccc5)N23)C(=O)Nc2ccccc24)cc1. The van der Waals surface area contributed by atoms with Crippen molar-refractivity contribution in [1.82, 2.24) is 4.90 Å². The number of hydrogen-bond acceptors (Lipinski definition) is 4. The summed E-state index contributed by atoms with van der Waals surface area (Å²) in [6, 6.07) is 26.5. The van der Waals surface area contributed by atoms with Gasteiger partial charge in [0.15, 0.2) is 10.7 Å². The van der Waals surface area contributed by atoms with Crippen molar-refractivity contribution < 1.29 is 4.79 Å². The van der Waals surface area contributed by atoms with Crippen molar-refractivity contribution >= 4 is 39.9 Å². The number of hydrogen-bond donors (Lipinski definition) is 1. The van der Waals surface area contributed by atoms with Gasteiger partial charge in [0, 0.05) is 16.7 Å². The van der Waals surface area contributed by atoms with Crippen molar-refractivity contribution in [3.63, 3.8) is 0 Å². The number of aryl methyl sites for hydroxylation is 1. The number of anilines is 1. The molecule has 1 amide bonds. The number of amides is 1. The molecule has 3 aliphatic heterocycles. The summed E-state index contributed by atoms with van der Waals surface area (Å²) in [7, 11) is 0. The third-order valence-corrected chi connectivity index (χ3v) is 6.74. The summed E-state index contributed by atoms with van der Waals surface area (Å²) >= 11 is 1.56. The van der Waals surface area contributed by atoms with Gasteiger partial charge < -0.3 is 5.32 Å². The van der Waals surface area contributed by atoms with E-state index in [1.807, 2.05) is 48.5 Å². The Bertz CT molecular complexity index is 1310. The van der Waals surface area contributed by atoms with Gasteiger partial charge in [-0.3, -0.25) is 9.69 Å². The number of fused-ring (bicyclic) bond motifs is 3. The van der Waals surface area contributed by atoms with E-state index in [-0.39, 0.29) is 5.91 Å². The summed E-state index contributed by atoms with van der Waals surface area (Å²) in [5.74, 6) is -0.112. The van der Waals surface area contributed by atoms with Crippen molar-refractivity contribution in [2.45, 2.75) is 12.5 Å². The first-order chi connectivity index (χ1) is 15.2. The molecule has 150 valence electrons. The lowest BCUT2D eigenvalue weighted by Gasteiger charge is -2.34. The summed E-state index contributed by atoms with van der Waals surface area (Å²) in [6.07, 6.45) is 2.01. The van der Waals surface area contributed by atoms with Gasteiger partial charge in [-0.1, -0.05) is 90.1 Å². The highest BCUT2D eigenvalue weighted by Crippen LogP contribution is 2.50. The number of carbonyl (C=O) groups excluding carboxylic acids is 1. The smallest absolute Gasteiger partial charge is 0.261 e. The Morgan fingerprint density at radius 2 is 1.58 bits per heavy atom. The van der Waals surface area contributed by atoms with Crippen LogP contribution in [0.15, 0.2) is 95.3 Å². The van der Waals surface area contributed by atoms with Gasteiger partial charge in [0.1, 0.15) is 0 Å². The molecule has 1 atom stereocenters. The fourth-order valence-electron chi connectivity index (χ4n) is 4.33. The average Bonchev–Trinajstić information content (AvgIpc) is 3.34. The Kier molecular flexibility index (Phi) is 3.95. The molecule has 3 aromatic carbocycles. The highest BCUT2D eigenvalue weighted by atomic mass is 32.2. The number of aliphatic imine (C=N–C) groups is 1. The maximum Gasteiger partial charge on any atom is 0.261 e. The van der Waals surface area contributed by atoms with Gasteiger partial charge in [-0.05, 0) is 30.2 Å². The molecule has 5 heteroatoms. The van der Waals surface area contributed by atoms with E-state index in [2.05, 4.69) is 58.9 Å². The van der Waals surface area contributed by atoms with Crippen LogP contribution in [0.3, 0.4) is 0 Å². The minimum atomic E-state index is -1.06. The van der Waals surface area contributed by atoms with Crippen LogP contribution in [-0.2, 0) is 10.3 Å². The van der Waals surface area contributed by atoms with E-state index in [0.717, 1.165) is 38.9 Å². The van der Waals surface area contributed by atoms with E-state index < -0.39 is 5.54 Å². The largest absolute Gasteiger partial charge is 0.323 e. The van der Waals surface area contributed by atoms with Crippen LogP contribution in [0, 0.1) is 6.92 Å². The van der Waals surface area contributed by atoms with Crippen LogP contribution in [0.2, 0.25) is 0 Å². The van der Waals surface area contributed by atoms with Gasteiger partial charge in [0.05, 0.1) is 11.4 Å². The molecule has 1 spiro atoms. The van der Waals surface area contributed by atoms with Crippen LogP contribution in [0.4, 0.5) is 5.69 Å². The lowest BCUT2D eigenvalue weighted by Crippen LogP contribution is -2.38. The van der Waals surface area contributed by atoms with Crippen molar-refractivity contribution in [3.05, 3.63) is 113 Å². The Morgan fingerprint density at radius 1 is 0.871 bits per heavy atom. The number of para-hydroxylation sites is 1. The molecule has 31 heavy (non-hydrogen) atoms. The fourth-order valence-corrected chi connectivity index (χ4v) is 5.29. The number of amidine groups is 1. The average molecular weight is 422 g/mol. The quantitative estimate of drug-likeness (QED) is 0.586. The van der Waals surface area contributed by atoms with E-state index in [0.29, 0.717) is 0 Å². The maximum atomic E-state index is 13.3. The number of rotatable bonds is 2. The molecule has 0 radical (unpaired) electrons. The fraction of sp³-hybridized carbons (Fsp3) is 0.0769. The van der Waals surface area contributed by atoms with Gasteiger partial charge in [-0.15, -0.1) is 0 Å². The number of nitrogens with one attached hydrogen (secondary N) is 1. The van der Waals surface area contributed by atoms with E-state index in [4.69, 9.17) is 4.99 Å². The normalized spacial score (nSPS) is 21.3. The van der Waals surface area contributed by atoms with Gasteiger partial charge in [0.25, 0.3) is 5.91 Å². The van der Waals surface area contributed by atoms with Gasteiger partial charge >= 0.3 is 0 Å². The van der Waals surface area contributed by atoms with Crippen molar-refractivity contribution in [2.75, 3.05) is 5.32 Å². The van der Waals surface area contributed by atoms with Crippen molar-refractivity contribution in [2.24, 2.45) is 4.99 Å².